The fourth-order valence-corrected chi connectivity index (χ4v) is 1.51. The second-order valence-electron chi connectivity index (χ2n) is 2.66. The Morgan fingerprint density at radius 2 is 2.46 bits per heavy atom. The maximum Gasteiger partial charge on any atom is 0.408 e. The summed E-state index contributed by atoms with van der Waals surface area (Å²) in [6.07, 6.45) is -0.642. The van der Waals surface area contributed by atoms with Crippen molar-refractivity contribution in [3.63, 3.8) is 0 Å². The molecule has 0 bridgehead atoms. The average molecular weight is 243 g/mol. The number of hydrogen-bond acceptors (Lipinski definition) is 3. The van der Waals surface area contributed by atoms with Crippen molar-refractivity contribution in [3.05, 3.63) is 28.5 Å². The highest BCUT2D eigenvalue weighted by Crippen LogP contribution is 2.20. The molecule has 1 amide bonds. The molecule has 68 valence electrons. The molecule has 0 aromatic carbocycles. The zero-order valence-corrected chi connectivity index (χ0v) is 8.24. The fourth-order valence-electron chi connectivity index (χ4n) is 1.16. The highest BCUT2D eigenvalue weighted by atomic mass is 79.9. The van der Waals surface area contributed by atoms with Gasteiger partial charge in [0, 0.05) is 0 Å². The number of hydrogen-bond donors (Lipinski definition) is 1. The zero-order valence-electron chi connectivity index (χ0n) is 6.66. The van der Waals surface area contributed by atoms with Crippen LogP contribution in [-0.2, 0) is 4.74 Å². The van der Waals surface area contributed by atoms with Gasteiger partial charge in [0.1, 0.15) is 4.60 Å². The maximum atomic E-state index is 10.7. The molecule has 1 N–H and O–H groups in total. The zero-order chi connectivity index (χ0) is 9.26. The second-order valence-corrected chi connectivity index (χ2v) is 3.47. The number of aromatic nitrogens is 1. The molecule has 1 fully saturated rings. The SMILES string of the molecule is O=C1NCC(c2cccc(Br)n2)O1. The number of nitrogens with zero attached hydrogens (tertiary/aromatic N) is 1. The Morgan fingerprint density at radius 1 is 1.62 bits per heavy atom. The monoisotopic (exact) mass is 242 g/mol. The van der Waals surface area contributed by atoms with Gasteiger partial charge < -0.3 is 10.1 Å². The molecule has 5 heteroatoms. The number of amides is 1. The molecule has 1 aliphatic heterocycles. The van der Waals surface area contributed by atoms with Crippen LogP contribution in [0.5, 0.6) is 0 Å². The van der Waals surface area contributed by atoms with Crippen LogP contribution in [0.3, 0.4) is 0 Å². The minimum atomic E-state index is -0.383. The summed E-state index contributed by atoms with van der Waals surface area (Å²) in [5.74, 6) is 0. The van der Waals surface area contributed by atoms with Gasteiger partial charge in [0.25, 0.3) is 0 Å². The van der Waals surface area contributed by atoms with Crippen molar-refractivity contribution in [3.8, 4) is 0 Å². The fraction of sp³-hybridized carbons (Fsp3) is 0.250. The molecule has 0 radical (unpaired) electrons. The van der Waals surface area contributed by atoms with Crippen LogP contribution in [0.25, 0.3) is 0 Å². The first kappa shape index (κ1) is 8.50. The normalized spacial score (nSPS) is 21.0. The third kappa shape index (κ3) is 1.80. The minimum absolute atomic E-state index is 0.259. The summed E-state index contributed by atoms with van der Waals surface area (Å²) < 4.78 is 5.71. The largest absolute Gasteiger partial charge is 0.438 e. The van der Waals surface area contributed by atoms with Crippen LogP contribution < -0.4 is 5.32 Å². The van der Waals surface area contributed by atoms with E-state index in [4.69, 9.17) is 4.74 Å². The molecular formula is C8H7BrN2O2. The molecular weight excluding hydrogens is 236 g/mol. The van der Waals surface area contributed by atoms with Gasteiger partial charge in [0.15, 0.2) is 6.10 Å². The standard InChI is InChI=1S/C8H7BrN2O2/c9-7-3-1-2-5(11-7)6-4-10-8(12)13-6/h1-3,6H,4H2,(H,10,12). The number of nitrogens with one attached hydrogen (secondary N) is 1. The molecule has 13 heavy (non-hydrogen) atoms. The molecule has 4 nitrogen and oxygen atoms in total. The lowest BCUT2D eigenvalue weighted by atomic mass is 10.2. The smallest absolute Gasteiger partial charge is 0.408 e. The maximum absolute atomic E-state index is 10.7. The van der Waals surface area contributed by atoms with Crippen LogP contribution in [0, 0.1) is 0 Å². The minimum Gasteiger partial charge on any atom is -0.438 e. The van der Waals surface area contributed by atoms with Crippen LogP contribution >= 0.6 is 15.9 Å². The molecule has 1 atom stereocenters. The van der Waals surface area contributed by atoms with E-state index < -0.39 is 0 Å². The van der Waals surface area contributed by atoms with Crippen molar-refractivity contribution in [1.29, 1.82) is 0 Å². The Morgan fingerprint density at radius 3 is 3.08 bits per heavy atom. The predicted octanol–water partition coefficient (Wildman–Crippen LogP) is 1.62. The molecule has 0 spiro atoms. The first-order chi connectivity index (χ1) is 6.25. The van der Waals surface area contributed by atoms with Crippen molar-refractivity contribution in [2.24, 2.45) is 0 Å². The Hall–Kier alpha value is -1.10. The van der Waals surface area contributed by atoms with Crippen LogP contribution in [0.1, 0.15) is 11.8 Å². The number of alkyl carbamates (subject to hydrolysis) is 1. The summed E-state index contributed by atoms with van der Waals surface area (Å²) in [5, 5.41) is 2.57. The van der Waals surface area contributed by atoms with Gasteiger partial charge in [-0.15, -0.1) is 0 Å². The van der Waals surface area contributed by atoms with E-state index in [-0.39, 0.29) is 12.2 Å². The molecule has 1 aliphatic rings. The highest BCUT2D eigenvalue weighted by molar-refractivity contribution is 9.10. The molecule has 0 aliphatic carbocycles. The Labute approximate surface area is 83.4 Å². The van der Waals surface area contributed by atoms with E-state index in [0.29, 0.717) is 6.54 Å². The topological polar surface area (TPSA) is 51.2 Å². The van der Waals surface area contributed by atoms with E-state index in [1.54, 1.807) is 0 Å². The molecule has 1 aromatic heterocycles. The lowest BCUT2D eigenvalue weighted by Crippen LogP contribution is -2.12. The number of halogens is 1. The highest BCUT2D eigenvalue weighted by Gasteiger charge is 2.24. The van der Waals surface area contributed by atoms with E-state index in [0.717, 1.165) is 10.3 Å². The number of carbonyl (C=O) groups excluding carboxylic acids is 1. The summed E-state index contributed by atoms with van der Waals surface area (Å²) in [7, 11) is 0. The molecule has 2 rings (SSSR count). The van der Waals surface area contributed by atoms with Gasteiger partial charge in [-0.2, -0.15) is 0 Å². The Bertz CT molecular complexity index is 343. The lowest BCUT2D eigenvalue weighted by Gasteiger charge is -2.06. The van der Waals surface area contributed by atoms with Crippen molar-refractivity contribution in [2.45, 2.75) is 6.10 Å². The number of carbonyl (C=O) groups is 1. The first-order valence-electron chi connectivity index (χ1n) is 3.82. The Kier molecular flexibility index (Phi) is 2.18. The molecule has 1 aromatic rings. The predicted molar refractivity (Wildman–Crippen MR) is 49.2 cm³/mol. The van der Waals surface area contributed by atoms with Crippen molar-refractivity contribution in [1.82, 2.24) is 10.3 Å². The van der Waals surface area contributed by atoms with E-state index >= 15 is 0 Å². The van der Waals surface area contributed by atoms with Crippen LogP contribution in [0.2, 0.25) is 0 Å². The second kappa shape index (κ2) is 3.33. The quantitative estimate of drug-likeness (QED) is 0.762. The van der Waals surface area contributed by atoms with Gasteiger partial charge in [-0.1, -0.05) is 6.07 Å². The van der Waals surface area contributed by atoms with Crippen LogP contribution in [0.15, 0.2) is 22.8 Å². The van der Waals surface area contributed by atoms with Crippen molar-refractivity contribution < 1.29 is 9.53 Å². The van der Waals surface area contributed by atoms with E-state index in [2.05, 4.69) is 26.2 Å². The number of rotatable bonds is 1. The van der Waals surface area contributed by atoms with Gasteiger partial charge in [0.2, 0.25) is 0 Å². The van der Waals surface area contributed by atoms with E-state index in [1.807, 2.05) is 18.2 Å². The summed E-state index contributed by atoms with van der Waals surface area (Å²) in [5.41, 5.74) is 0.757. The van der Waals surface area contributed by atoms with Gasteiger partial charge >= 0.3 is 6.09 Å². The average Bonchev–Trinajstić information content (AvgIpc) is 2.52. The van der Waals surface area contributed by atoms with E-state index in [9.17, 15) is 4.79 Å². The first-order valence-corrected chi connectivity index (χ1v) is 4.62. The number of pyridine rings is 1. The summed E-state index contributed by atoms with van der Waals surface area (Å²) in [6, 6.07) is 5.52. The summed E-state index contributed by atoms with van der Waals surface area (Å²) in [6.45, 7) is 0.488. The number of cyclic esters (lactones) is 1. The molecule has 1 saturated heterocycles. The van der Waals surface area contributed by atoms with Gasteiger partial charge in [0.05, 0.1) is 12.2 Å². The molecule has 1 unspecified atom stereocenters. The van der Waals surface area contributed by atoms with Crippen LogP contribution in [-0.4, -0.2) is 17.6 Å². The van der Waals surface area contributed by atoms with Crippen molar-refractivity contribution in [2.75, 3.05) is 6.54 Å². The van der Waals surface area contributed by atoms with E-state index in [1.165, 1.54) is 0 Å². The molecule has 2 heterocycles. The lowest BCUT2D eigenvalue weighted by molar-refractivity contribution is 0.139. The summed E-state index contributed by atoms with van der Waals surface area (Å²) >= 11 is 3.25. The van der Waals surface area contributed by atoms with Gasteiger partial charge in [-0.3, -0.25) is 0 Å². The number of ether oxygens (including phenoxy) is 1. The third-order valence-corrected chi connectivity index (χ3v) is 2.19. The van der Waals surface area contributed by atoms with Gasteiger partial charge in [-0.05, 0) is 28.1 Å². The molecule has 0 saturated carbocycles. The Balaban J connectivity index is 2.21. The van der Waals surface area contributed by atoms with Crippen LogP contribution in [0.4, 0.5) is 4.79 Å². The van der Waals surface area contributed by atoms with Crippen molar-refractivity contribution >= 4 is 22.0 Å². The summed E-state index contributed by atoms with van der Waals surface area (Å²) in [4.78, 5) is 14.9. The van der Waals surface area contributed by atoms with Gasteiger partial charge in [-0.25, -0.2) is 9.78 Å². The third-order valence-electron chi connectivity index (χ3n) is 1.75.